The fourth-order valence-electron chi connectivity index (χ4n) is 0.672. The fraction of sp³-hybridized carbons (Fsp3) is 0.833. The van der Waals surface area contributed by atoms with Gasteiger partial charge in [-0.05, 0) is 12.0 Å². The molecule has 0 aliphatic carbocycles. The molecule has 0 aliphatic heterocycles. The van der Waals surface area contributed by atoms with Gasteiger partial charge in [0.05, 0.1) is 6.04 Å². The van der Waals surface area contributed by atoms with Gasteiger partial charge in [0.25, 0.3) is 0 Å². The molecule has 0 aromatic rings. The highest BCUT2D eigenvalue weighted by Crippen LogP contribution is 2.01. The average molecular weight is 141 g/mol. The van der Waals surface area contributed by atoms with Crippen LogP contribution in [-0.2, 0) is 4.79 Å². The Morgan fingerprint density at radius 3 is 2.60 bits per heavy atom. The minimum Gasteiger partial charge on any atom is -0.299 e. The van der Waals surface area contributed by atoms with E-state index < -0.39 is 6.04 Å². The standard InChI is InChI=1S/C6H11N3O/c1-3-5(8-9-7)6(10)4-2/h5H,3-4H2,1-2H3/t5-/m1/s1. The summed E-state index contributed by atoms with van der Waals surface area (Å²) in [7, 11) is 0. The quantitative estimate of drug-likeness (QED) is 0.335. The van der Waals surface area contributed by atoms with Crippen LogP contribution in [0.2, 0.25) is 0 Å². The highest BCUT2D eigenvalue weighted by atomic mass is 16.1. The number of hydrogen-bond donors (Lipinski definition) is 0. The summed E-state index contributed by atoms with van der Waals surface area (Å²) >= 11 is 0. The summed E-state index contributed by atoms with van der Waals surface area (Å²) in [5.74, 6) is 0.0142. The van der Waals surface area contributed by atoms with E-state index in [0.29, 0.717) is 12.8 Å². The second kappa shape index (κ2) is 4.82. The number of ketones is 1. The SMILES string of the molecule is CCC(=O)[C@@H](CC)N=[N+]=[N-]. The van der Waals surface area contributed by atoms with Crippen molar-refractivity contribution < 1.29 is 4.79 Å². The zero-order valence-corrected chi connectivity index (χ0v) is 6.24. The van der Waals surface area contributed by atoms with Crippen LogP contribution in [0.3, 0.4) is 0 Å². The molecular formula is C6H11N3O. The third-order valence-electron chi connectivity index (χ3n) is 1.30. The normalized spacial score (nSPS) is 11.8. The number of carbonyl (C=O) groups excluding carboxylic acids is 1. The summed E-state index contributed by atoms with van der Waals surface area (Å²) in [6.45, 7) is 3.59. The summed E-state index contributed by atoms with van der Waals surface area (Å²) in [5.41, 5.74) is 8.02. The van der Waals surface area contributed by atoms with Crippen molar-refractivity contribution in [3.63, 3.8) is 0 Å². The Hall–Kier alpha value is -1.02. The lowest BCUT2D eigenvalue weighted by Gasteiger charge is -2.02. The molecule has 0 heterocycles. The molecule has 0 radical (unpaired) electrons. The Balaban J connectivity index is 4.05. The highest BCUT2D eigenvalue weighted by Gasteiger charge is 2.10. The third kappa shape index (κ3) is 2.51. The lowest BCUT2D eigenvalue weighted by molar-refractivity contribution is -0.120. The first-order chi connectivity index (χ1) is 4.76. The van der Waals surface area contributed by atoms with Gasteiger partial charge < -0.3 is 0 Å². The lowest BCUT2D eigenvalue weighted by Crippen LogP contribution is -2.15. The molecule has 0 aliphatic rings. The van der Waals surface area contributed by atoms with E-state index in [1.54, 1.807) is 6.92 Å². The molecule has 4 nitrogen and oxygen atoms in total. The van der Waals surface area contributed by atoms with Crippen LogP contribution >= 0.6 is 0 Å². The van der Waals surface area contributed by atoms with E-state index in [1.165, 1.54) is 0 Å². The molecule has 0 amide bonds. The Kier molecular flexibility index (Phi) is 4.33. The van der Waals surface area contributed by atoms with Crippen molar-refractivity contribution >= 4 is 5.78 Å². The number of rotatable bonds is 4. The molecule has 56 valence electrons. The van der Waals surface area contributed by atoms with E-state index in [4.69, 9.17) is 5.53 Å². The predicted molar refractivity (Wildman–Crippen MR) is 38.5 cm³/mol. The Morgan fingerprint density at radius 2 is 2.30 bits per heavy atom. The van der Waals surface area contributed by atoms with Gasteiger partial charge in [0.2, 0.25) is 0 Å². The molecule has 0 saturated carbocycles. The van der Waals surface area contributed by atoms with E-state index in [2.05, 4.69) is 10.0 Å². The van der Waals surface area contributed by atoms with Crippen molar-refractivity contribution in [2.24, 2.45) is 5.11 Å². The maximum atomic E-state index is 10.9. The number of azide groups is 1. The first-order valence-electron chi connectivity index (χ1n) is 3.33. The van der Waals surface area contributed by atoms with E-state index in [9.17, 15) is 4.79 Å². The summed E-state index contributed by atoms with van der Waals surface area (Å²) in [4.78, 5) is 13.4. The van der Waals surface area contributed by atoms with Crippen molar-refractivity contribution in [3.8, 4) is 0 Å². The predicted octanol–water partition coefficient (Wildman–Crippen LogP) is 2.05. The van der Waals surface area contributed by atoms with Crippen molar-refractivity contribution in [1.82, 2.24) is 0 Å². The molecule has 0 aromatic carbocycles. The Labute approximate surface area is 59.9 Å². The van der Waals surface area contributed by atoms with Gasteiger partial charge in [0, 0.05) is 11.3 Å². The molecule has 0 spiro atoms. The number of Topliss-reactive ketones (excluding diaryl/α,β-unsaturated/α-hetero) is 1. The lowest BCUT2D eigenvalue weighted by atomic mass is 10.1. The molecule has 0 unspecified atom stereocenters. The largest absolute Gasteiger partial charge is 0.299 e. The van der Waals surface area contributed by atoms with Crippen molar-refractivity contribution in [1.29, 1.82) is 0 Å². The van der Waals surface area contributed by atoms with Crippen LogP contribution in [0.25, 0.3) is 10.4 Å². The summed E-state index contributed by atoms with van der Waals surface area (Å²) in [5, 5.41) is 3.34. The molecular weight excluding hydrogens is 130 g/mol. The van der Waals surface area contributed by atoms with Crippen LogP contribution in [0.1, 0.15) is 26.7 Å². The van der Waals surface area contributed by atoms with E-state index in [1.807, 2.05) is 6.92 Å². The molecule has 0 rings (SSSR count). The molecule has 1 atom stereocenters. The van der Waals surface area contributed by atoms with Gasteiger partial charge in [0.15, 0.2) is 0 Å². The topological polar surface area (TPSA) is 65.8 Å². The minimum absolute atomic E-state index is 0.0142. The van der Waals surface area contributed by atoms with Gasteiger partial charge in [0.1, 0.15) is 5.78 Å². The second-order valence-corrected chi connectivity index (χ2v) is 1.95. The van der Waals surface area contributed by atoms with Gasteiger partial charge in [-0.1, -0.05) is 19.0 Å². The maximum Gasteiger partial charge on any atom is 0.141 e. The molecule has 0 fully saturated rings. The molecule has 10 heavy (non-hydrogen) atoms. The molecule has 4 heteroatoms. The zero-order valence-electron chi connectivity index (χ0n) is 6.24. The fourth-order valence-corrected chi connectivity index (χ4v) is 0.672. The first kappa shape index (κ1) is 8.98. The van der Waals surface area contributed by atoms with Crippen molar-refractivity contribution in [3.05, 3.63) is 10.4 Å². The van der Waals surface area contributed by atoms with Crippen LogP contribution in [0.15, 0.2) is 5.11 Å². The van der Waals surface area contributed by atoms with E-state index in [-0.39, 0.29) is 5.78 Å². The van der Waals surface area contributed by atoms with Crippen LogP contribution in [0.4, 0.5) is 0 Å². The molecule has 0 saturated heterocycles. The van der Waals surface area contributed by atoms with Crippen LogP contribution in [0, 0.1) is 0 Å². The summed E-state index contributed by atoms with van der Waals surface area (Å²) < 4.78 is 0. The van der Waals surface area contributed by atoms with Gasteiger partial charge in [-0.3, -0.25) is 4.79 Å². The van der Waals surface area contributed by atoms with E-state index in [0.717, 1.165) is 0 Å². The van der Waals surface area contributed by atoms with Gasteiger partial charge >= 0.3 is 0 Å². The highest BCUT2D eigenvalue weighted by molar-refractivity contribution is 5.83. The Bertz CT molecular complexity index is 160. The minimum atomic E-state index is -0.449. The van der Waals surface area contributed by atoms with Crippen LogP contribution in [-0.4, -0.2) is 11.8 Å². The number of hydrogen-bond acceptors (Lipinski definition) is 2. The molecule has 0 bridgehead atoms. The van der Waals surface area contributed by atoms with Crippen molar-refractivity contribution in [2.45, 2.75) is 32.7 Å². The zero-order chi connectivity index (χ0) is 7.98. The van der Waals surface area contributed by atoms with Gasteiger partial charge in [-0.15, -0.1) is 0 Å². The van der Waals surface area contributed by atoms with Crippen molar-refractivity contribution in [2.75, 3.05) is 0 Å². The van der Waals surface area contributed by atoms with Crippen LogP contribution < -0.4 is 0 Å². The first-order valence-corrected chi connectivity index (χ1v) is 3.33. The van der Waals surface area contributed by atoms with Gasteiger partial charge in [-0.2, -0.15) is 0 Å². The monoisotopic (exact) mass is 141 g/mol. The second-order valence-electron chi connectivity index (χ2n) is 1.95. The molecule has 0 aromatic heterocycles. The van der Waals surface area contributed by atoms with Crippen LogP contribution in [0.5, 0.6) is 0 Å². The average Bonchev–Trinajstić information content (AvgIpc) is 1.99. The number of nitrogens with zero attached hydrogens (tertiary/aromatic N) is 3. The van der Waals surface area contributed by atoms with E-state index >= 15 is 0 Å². The van der Waals surface area contributed by atoms with Gasteiger partial charge in [-0.25, -0.2) is 0 Å². The number of carbonyl (C=O) groups is 1. The smallest absolute Gasteiger partial charge is 0.141 e. The summed E-state index contributed by atoms with van der Waals surface area (Å²) in [6.07, 6.45) is 1.04. The summed E-state index contributed by atoms with van der Waals surface area (Å²) in [6, 6.07) is -0.449. The maximum absolute atomic E-state index is 10.9. The Morgan fingerprint density at radius 1 is 1.70 bits per heavy atom. The molecule has 0 N–H and O–H groups in total. The third-order valence-corrected chi connectivity index (χ3v) is 1.30.